The van der Waals surface area contributed by atoms with Gasteiger partial charge >= 0.3 is 6.18 Å². The van der Waals surface area contributed by atoms with Gasteiger partial charge in [0.25, 0.3) is 0 Å². The summed E-state index contributed by atoms with van der Waals surface area (Å²) < 4.78 is 39.0. The molecule has 0 spiro atoms. The van der Waals surface area contributed by atoms with Gasteiger partial charge in [0.1, 0.15) is 0 Å². The number of benzene rings is 1. The molecule has 0 amide bonds. The molecular weight excluding hydrogens is 367 g/mol. The van der Waals surface area contributed by atoms with Crippen LogP contribution in [0.2, 0.25) is 0 Å². The molecule has 0 bridgehead atoms. The van der Waals surface area contributed by atoms with Gasteiger partial charge in [-0.3, -0.25) is 4.98 Å². The van der Waals surface area contributed by atoms with Crippen molar-refractivity contribution >= 4 is 27.5 Å². The Morgan fingerprint density at radius 1 is 1.14 bits per heavy atom. The lowest BCUT2D eigenvalue weighted by atomic mass is 9.93. The van der Waals surface area contributed by atoms with Gasteiger partial charge < -0.3 is 0 Å². The molecule has 6 heteroatoms. The van der Waals surface area contributed by atoms with Gasteiger partial charge in [-0.1, -0.05) is 22.9 Å². The van der Waals surface area contributed by atoms with E-state index in [9.17, 15) is 13.2 Å². The molecule has 2 unspecified atom stereocenters. The Balaban J connectivity index is 2.37. The summed E-state index contributed by atoms with van der Waals surface area (Å²) in [6.07, 6.45) is -1.11. The zero-order valence-corrected chi connectivity index (χ0v) is 13.4. The monoisotopic (exact) mass is 377 g/mol. The van der Waals surface area contributed by atoms with Gasteiger partial charge in [0, 0.05) is 22.8 Å². The van der Waals surface area contributed by atoms with Crippen LogP contribution in [0.3, 0.4) is 0 Å². The average molecular weight is 379 g/mol. The zero-order chi connectivity index (χ0) is 15.6. The van der Waals surface area contributed by atoms with Crippen molar-refractivity contribution in [1.29, 1.82) is 0 Å². The SMILES string of the molecule is CC(c1ccncc1)C(Cl)c1cc(C(F)(F)F)ccc1Br. The topological polar surface area (TPSA) is 12.9 Å². The van der Waals surface area contributed by atoms with Crippen LogP contribution >= 0.6 is 27.5 Å². The summed E-state index contributed by atoms with van der Waals surface area (Å²) in [5.41, 5.74) is 0.651. The Bertz CT molecular complexity index is 616. The average Bonchev–Trinajstić information content (AvgIpc) is 2.46. The van der Waals surface area contributed by atoms with E-state index in [0.29, 0.717) is 10.0 Å². The van der Waals surface area contributed by atoms with Gasteiger partial charge in [0.2, 0.25) is 0 Å². The van der Waals surface area contributed by atoms with Crippen LogP contribution in [0.1, 0.15) is 34.9 Å². The lowest BCUT2D eigenvalue weighted by molar-refractivity contribution is -0.137. The van der Waals surface area contributed by atoms with Crippen molar-refractivity contribution in [3.05, 3.63) is 63.9 Å². The van der Waals surface area contributed by atoms with Crippen molar-refractivity contribution in [2.45, 2.75) is 24.4 Å². The molecule has 0 aliphatic rings. The maximum Gasteiger partial charge on any atom is 0.416 e. The Morgan fingerprint density at radius 2 is 1.76 bits per heavy atom. The second-order valence-electron chi connectivity index (χ2n) is 4.71. The van der Waals surface area contributed by atoms with E-state index in [4.69, 9.17) is 11.6 Å². The van der Waals surface area contributed by atoms with E-state index in [1.54, 1.807) is 12.4 Å². The number of rotatable bonds is 3. The molecule has 21 heavy (non-hydrogen) atoms. The highest BCUT2D eigenvalue weighted by atomic mass is 79.9. The van der Waals surface area contributed by atoms with E-state index in [2.05, 4.69) is 20.9 Å². The fraction of sp³-hybridized carbons (Fsp3) is 0.267. The predicted molar refractivity (Wildman–Crippen MR) is 80.4 cm³/mol. The Kier molecular flexibility index (Phi) is 4.94. The minimum Gasteiger partial charge on any atom is -0.265 e. The third kappa shape index (κ3) is 3.77. The molecule has 1 nitrogen and oxygen atoms in total. The van der Waals surface area contributed by atoms with Gasteiger partial charge in [-0.15, -0.1) is 11.6 Å². The quantitative estimate of drug-likeness (QED) is 0.602. The molecule has 0 saturated heterocycles. The van der Waals surface area contributed by atoms with Crippen molar-refractivity contribution < 1.29 is 13.2 Å². The first-order valence-corrected chi connectivity index (χ1v) is 7.44. The van der Waals surface area contributed by atoms with E-state index in [1.807, 2.05) is 19.1 Å². The number of pyridine rings is 1. The molecule has 1 heterocycles. The maximum absolute atomic E-state index is 12.8. The Hall–Kier alpha value is -1.07. The van der Waals surface area contributed by atoms with E-state index >= 15 is 0 Å². The molecular formula is C15H12BrClF3N. The normalized spacial score (nSPS) is 14.8. The number of alkyl halides is 4. The fourth-order valence-corrected chi connectivity index (χ4v) is 2.99. The summed E-state index contributed by atoms with van der Waals surface area (Å²) in [6, 6.07) is 7.13. The summed E-state index contributed by atoms with van der Waals surface area (Å²) in [5, 5.41) is -0.580. The number of hydrogen-bond acceptors (Lipinski definition) is 1. The van der Waals surface area contributed by atoms with Crippen LogP contribution in [0.5, 0.6) is 0 Å². The first kappa shape index (κ1) is 16.3. The molecule has 2 rings (SSSR count). The first-order chi connectivity index (χ1) is 9.80. The van der Waals surface area contributed by atoms with E-state index in [1.165, 1.54) is 6.07 Å². The molecule has 0 N–H and O–H groups in total. The molecule has 0 radical (unpaired) electrons. The lowest BCUT2D eigenvalue weighted by Crippen LogP contribution is -2.08. The van der Waals surface area contributed by atoms with E-state index < -0.39 is 17.1 Å². The second kappa shape index (κ2) is 6.36. The third-order valence-corrected chi connectivity index (χ3v) is 4.63. The standard InChI is InChI=1S/C15H12BrClF3N/c1-9(10-4-6-21-7-5-10)14(17)12-8-11(15(18,19)20)2-3-13(12)16/h2-9,14H,1H3. The van der Waals surface area contributed by atoms with Crippen LogP contribution in [0.15, 0.2) is 47.2 Å². The second-order valence-corrected chi connectivity index (χ2v) is 6.03. The highest BCUT2D eigenvalue weighted by Gasteiger charge is 2.32. The summed E-state index contributed by atoms with van der Waals surface area (Å²) >= 11 is 9.68. The van der Waals surface area contributed by atoms with Gasteiger partial charge in [-0.25, -0.2) is 0 Å². The van der Waals surface area contributed by atoms with Crippen LogP contribution < -0.4 is 0 Å². The van der Waals surface area contributed by atoms with Crippen LogP contribution in [0, 0.1) is 0 Å². The van der Waals surface area contributed by atoms with Gasteiger partial charge in [0.05, 0.1) is 10.9 Å². The minimum absolute atomic E-state index is 0.144. The smallest absolute Gasteiger partial charge is 0.265 e. The molecule has 1 aromatic heterocycles. The molecule has 112 valence electrons. The molecule has 2 atom stereocenters. The largest absolute Gasteiger partial charge is 0.416 e. The Morgan fingerprint density at radius 3 is 2.33 bits per heavy atom. The van der Waals surface area contributed by atoms with Crippen molar-refractivity contribution in [3.63, 3.8) is 0 Å². The number of hydrogen-bond donors (Lipinski definition) is 0. The summed E-state index contributed by atoms with van der Waals surface area (Å²) in [5.74, 6) is -0.144. The Labute approximate surface area is 134 Å². The number of aromatic nitrogens is 1. The fourth-order valence-electron chi connectivity index (χ4n) is 2.04. The van der Waals surface area contributed by atoms with Crippen molar-refractivity contribution in [2.75, 3.05) is 0 Å². The van der Waals surface area contributed by atoms with Crippen LogP contribution in [-0.2, 0) is 6.18 Å². The zero-order valence-electron chi connectivity index (χ0n) is 11.0. The third-order valence-electron chi connectivity index (χ3n) is 3.29. The summed E-state index contributed by atoms with van der Waals surface area (Å²) in [4.78, 5) is 3.92. The molecule has 1 aromatic carbocycles. The number of nitrogens with zero attached hydrogens (tertiary/aromatic N) is 1. The number of halogens is 5. The van der Waals surface area contributed by atoms with E-state index in [-0.39, 0.29) is 5.92 Å². The van der Waals surface area contributed by atoms with Crippen molar-refractivity contribution in [3.8, 4) is 0 Å². The molecule has 2 aromatic rings. The molecule has 0 saturated carbocycles. The summed E-state index contributed by atoms with van der Waals surface area (Å²) in [6.45, 7) is 1.87. The van der Waals surface area contributed by atoms with Gasteiger partial charge in [-0.05, 0) is 41.5 Å². The minimum atomic E-state index is -4.38. The highest BCUT2D eigenvalue weighted by Crippen LogP contribution is 2.41. The van der Waals surface area contributed by atoms with Crippen LogP contribution in [0.25, 0.3) is 0 Å². The highest BCUT2D eigenvalue weighted by molar-refractivity contribution is 9.10. The van der Waals surface area contributed by atoms with Crippen molar-refractivity contribution in [1.82, 2.24) is 4.98 Å². The van der Waals surface area contributed by atoms with Gasteiger partial charge in [0.15, 0.2) is 0 Å². The van der Waals surface area contributed by atoms with E-state index in [0.717, 1.165) is 17.7 Å². The van der Waals surface area contributed by atoms with Gasteiger partial charge in [-0.2, -0.15) is 13.2 Å². The molecule has 0 aliphatic heterocycles. The molecule has 0 aliphatic carbocycles. The predicted octanol–water partition coefficient (Wildman–Crippen LogP) is 5.95. The van der Waals surface area contributed by atoms with Crippen LogP contribution in [0.4, 0.5) is 13.2 Å². The first-order valence-electron chi connectivity index (χ1n) is 6.21. The molecule has 0 fully saturated rings. The lowest BCUT2D eigenvalue weighted by Gasteiger charge is -2.21. The maximum atomic E-state index is 12.8. The van der Waals surface area contributed by atoms with Crippen molar-refractivity contribution in [2.24, 2.45) is 0 Å². The summed E-state index contributed by atoms with van der Waals surface area (Å²) in [7, 11) is 0. The van der Waals surface area contributed by atoms with Crippen LogP contribution in [-0.4, -0.2) is 4.98 Å².